The van der Waals surface area contributed by atoms with E-state index in [4.69, 9.17) is 0 Å². The van der Waals surface area contributed by atoms with Crippen molar-refractivity contribution >= 4 is 0 Å². The molecule has 1 N–H and O–H groups in total. The molecule has 2 aromatic carbocycles. The fourth-order valence-electron chi connectivity index (χ4n) is 2.33. The van der Waals surface area contributed by atoms with Crippen LogP contribution in [0.2, 0.25) is 0 Å². The van der Waals surface area contributed by atoms with Crippen molar-refractivity contribution in [1.82, 2.24) is 5.32 Å². The number of benzene rings is 2. The summed E-state index contributed by atoms with van der Waals surface area (Å²) < 4.78 is 26.8. The van der Waals surface area contributed by atoms with Crippen LogP contribution in [0.5, 0.6) is 0 Å². The average Bonchev–Trinajstić information content (AvgIpc) is 2.46. The highest BCUT2D eigenvalue weighted by Gasteiger charge is 2.16. The van der Waals surface area contributed by atoms with Gasteiger partial charge in [-0.05, 0) is 37.1 Å². The maximum absolute atomic E-state index is 13.8. The van der Waals surface area contributed by atoms with Gasteiger partial charge in [0.25, 0.3) is 0 Å². The van der Waals surface area contributed by atoms with Gasteiger partial charge in [-0.25, -0.2) is 8.78 Å². The summed E-state index contributed by atoms with van der Waals surface area (Å²) in [6, 6.07) is 13.2. The van der Waals surface area contributed by atoms with Crippen molar-refractivity contribution in [3.05, 3.63) is 71.3 Å². The standard InChI is InChI=1S/C17H19F2N/c1-3-17(15-6-4-5-7-16(15)19)20-12(2)13-8-10-14(18)11-9-13/h4-12,17,20H,3H2,1-2H3/t12-,17?/m1/s1. The van der Waals surface area contributed by atoms with Gasteiger partial charge in [-0.15, -0.1) is 0 Å². The Bertz CT molecular complexity index is 551. The molecule has 1 nitrogen and oxygen atoms in total. The van der Waals surface area contributed by atoms with E-state index in [1.54, 1.807) is 24.3 Å². The van der Waals surface area contributed by atoms with Crippen molar-refractivity contribution in [2.24, 2.45) is 0 Å². The molecule has 106 valence electrons. The van der Waals surface area contributed by atoms with E-state index in [9.17, 15) is 8.78 Å². The van der Waals surface area contributed by atoms with Crippen LogP contribution in [-0.2, 0) is 0 Å². The minimum absolute atomic E-state index is 0.0279. The zero-order valence-electron chi connectivity index (χ0n) is 11.7. The van der Waals surface area contributed by atoms with Crippen LogP contribution in [0.1, 0.15) is 43.5 Å². The Balaban J connectivity index is 2.14. The summed E-state index contributed by atoms with van der Waals surface area (Å²) in [5.41, 5.74) is 1.66. The summed E-state index contributed by atoms with van der Waals surface area (Å²) in [7, 11) is 0. The molecule has 0 aliphatic heterocycles. The summed E-state index contributed by atoms with van der Waals surface area (Å²) in [6.07, 6.45) is 0.784. The van der Waals surface area contributed by atoms with Crippen LogP contribution >= 0.6 is 0 Å². The summed E-state index contributed by atoms with van der Waals surface area (Å²) in [6.45, 7) is 4.01. The molecule has 0 saturated carbocycles. The smallest absolute Gasteiger partial charge is 0.127 e. The van der Waals surface area contributed by atoms with Crippen molar-refractivity contribution in [3.8, 4) is 0 Å². The molecule has 0 saturated heterocycles. The highest BCUT2D eigenvalue weighted by atomic mass is 19.1. The Hall–Kier alpha value is -1.74. The van der Waals surface area contributed by atoms with Gasteiger partial charge in [0.05, 0.1) is 0 Å². The normalized spacial score (nSPS) is 14.0. The quantitative estimate of drug-likeness (QED) is 0.829. The number of nitrogens with one attached hydrogen (secondary N) is 1. The summed E-state index contributed by atoms with van der Waals surface area (Å²) in [4.78, 5) is 0. The molecule has 0 bridgehead atoms. The first-order chi connectivity index (χ1) is 9.61. The largest absolute Gasteiger partial charge is 0.303 e. The molecule has 2 rings (SSSR count). The molecule has 0 aliphatic rings. The predicted octanol–water partition coefficient (Wildman–Crippen LogP) is 4.77. The SMILES string of the molecule is CCC(N[C@H](C)c1ccc(F)cc1)c1ccccc1F. The molecule has 0 spiro atoms. The molecule has 0 amide bonds. The van der Waals surface area contributed by atoms with Crippen molar-refractivity contribution in [1.29, 1.82) is 0 Å². The first kappa shape index (κ1) is 14.7. The molecule has 2 atom stereocenters. The lowest BCUT2D eigenvalue weighted by molar-refractivity contribution is 0.439. The van der Waals surface area contributed by atoms with Crippen LogP contribution in [0.3, 0.4) is 0 Å². The van der Waals surface area contributed by atoms with Crippen molar-refractivity contribution in [2.45, 2.75) is 32.4 Å². The van der Waals surface area contributed by atoms with Crippen LogP contribution in [0.15, 0.2) is 48.5 Å². The fourth-order valence-corrected chi connectivity index (χ4v) is 2.33. The second kappa shape index (κ2) is 6.62. The van der Waals surface area contributed by atoms with E-state index >= 15 is 0 Å². The number of hydrogen-bond donors (Lipinski definition) is 1. The Kier molecular flexibility index (Phi) is 4.85. The van der Waals surface area contributed by atoms with E-state index in [-0.39, 0.29) is 23.7 Å². The van der Waals surface area contributed by atoms with Gasteiger partial charge >= 0.3 is 0 Å². The van der Waals surface area contributed by atoms with Crippen LogP contribution in [-0.4, -0.2) is 0 Å². The van der Waals surface area contributed by atoms with E-state index < -0.39 is 0 Å². The first-order valence-electron chi connectivity index (χ1n) is 6.87. The highest BCUT2D eigenvalue weighted by Crippen LogP contribution is 2.24. The fraction of sp³-hybridized carbons (Fsp3) is 0.294. The second-order valence-corrected chi connectivity index (χ2v) is 4.92. The van der Waals surface area contributed by atoms with Gasteiger partial charge in [0.15, 0.2) is 0 Å². The minimum Gasteiger partial charge on any atom is -0.303 e. The Labute approximate surface area is 118 Å². The summed E-state index contributed by atoms with van der Waals surface area (Å²) >= 11 is 0. The molecular formula is C17H19F2N. The molecule has 1 unspecified atom stereocenters. The van der Waals surface area contributed by atoms with Crippen molar-refractivity contribution < 1.29 is 8.78 Å². The van der Waals surface area contributed by atoms with Gasteiger partial charge in [-0.3, -0.25) is 0 Å². The van der Waals surface area contributed by atoms with Crippen LogP contribution < -0.4 is 5.32 Å². The zero-order valence-corrected chi connectivity index (χ0v) is 11.7. The third kappa shape index (κ3) is 3.42. The first-order valence-corrected chi connectivity index (χ1v) is 6.87. The van der Waals surface area contributed by atoms with Crippen LogP contribution in [0.25, 0.3) is 0 Å². The topological polar surface area (TPSA) is 12.0 Å². The third-order valence-electron chi connectivity index (χ3n) is 3.51. The lowest BCUT2D eigenvalue weighted by atomic mass is 10.0. The maximum Gasteiger partial charge on any atom is 0.127 e. The van der Waals surface area contributed by atoms with Gasteiger partial charge in [-0.2, -0.15) is 0 Å². The zero-order chi connectivity index (χ0) is 14.5. The summed E-state index contributed by atoms with van der Waals surface area (Å²) in [5.74, 6) is -0.444. The molecular weight excluding hydrogens is 256 g/mol. The second-order valence-electron chi connectivity index (χ2n) is 4.92. The van der Waals surface area contributed by atoms with E-state index in [1.165, 1.54) is 18.2 Å². The van der Waals surface area contributed by atoms with E-state index in [2.05, 4.69) is 5.32 Å². The molecule has 20 heavy (non-hydrogen) atoms. The Morgan fingerprint density at radius 3 is 2.25 bits per heavy atom. The van der Waals surface area contributed by atoms with E-state index in [0.717, 1.165) is 12.0 Å². The van der Waals surface area contributed by atoms with Crippen molar-refractivity contribution in [2.75, 3.05) is 0 Å². The monoisotopic (exact) mass is 275 g/mol. The molecule has 0 aromatic heterocycles. The Morgan fingerprint density at radius 2 is 1.65 bits per heavy atom. The van der Waals surface area contributed by atoms with Crippen LogP contribution in [0, 0.1) is 11.6 Å². The lowest BCUT2D eigenvalue weighted by Crippen LogP contribution is -2.25. The molecule has 0 radical (unpaired) electrons. The van der Waals surface area contributed by atoms with Gasteiger partial charge in [0.2, 0.25) is 0 Å². The van der Waals surface area contributed by atoms with Gasteiger partial charge in [-0.1, -0.05) is 37.3 Å². The third-order valence-corrected chi connectivity index (χ3v) is 3.51. The molecule has 3 heteroatoms. The maximum atomic E-state index is 13.8. The van der Waals surface area contributed by atoms with E-state index in [0.29, 0.717) is 5.56 Å². The average molecular weight is 275 g/mol. The highest BCUT2D eigenvalue weighted by molar-refractivity contribution is 5.23. The summed E-state index contributed by atoms with van der Waals surface area (Å²) in [5, 5.41) is 3.40. The number of halogens is 2. The van der Waals surface area contributed by atoms with Gasteiger partial charge in [0.1, 0.15) is 11.6 Å². The molecule has 0 heterocycles. The lowest BCUT2D eigenvalue weighted by Gasteiger charge is -2.23. The predicted molar refractivity (Wildman–Crippen MR) is 77.4 cm³/mol. The number of hydrogen-bond acceptors (Lipinski definition) is 1. The van der Waals surface area contributed by atoms with Crippen LogP contribution in [0.4, 0.5) is 8.78 Å². The molecule has 0 fully saturated rings. The molecule has 0 aliphatic carbocycles. The van der Waals surface area contributed by atoms with Crippen molar-refractivity contribution in [3.63, 3.8) is 0 Å². The Morgan fingerprint density at radius 1 is 1.00 bits per heavy atom. The minimum atomic E-state index is -0.248. The van der Waals surface area contributed by atoms with Gasteiger partial charge < -0.3 is 5.32 Å². The molecule has 2 aromatic rings. The van der Waals surface area contributed by atoms with Gasteiger partial charge in [0, 0.05) is 17.6 Å². The number of rotatable bonds is 5. The van der Waals surface area contributed by atoms with E-state index in [1.807, 2.05) is 19.9 Å².